The zero-order valence-electron chi connectivity index (χ0n) is 17.8. The lowest BCUT2D eigenvalue weighted by atomic mass is 9.95. The minimum Gasteiger partial charge on any atom is -0.481 e. The van der Waals surface area contributed by atoms with Crippen LogP contribution in [0.3, 0.4) is 0 Å². The second-order valence-corrected chi connectivity index (χ2v) is 8.05. The summed E-state index contributed by atoms with van der Waals surface area (Å²) in [5.41, 5.74) is 5.72. The van der Waals surface area contributed by atoms with Gasteiger partial charge in [-0.25, -0.2) is 4.98 Å². The van der Waals surface area contributed by atoms with E-state index in [1.165, 1.54) is 24.1 Å². The van der Waals surface area contributed by atoms with Crippen LogP contribution in [0.1, 0.15) is 59.8 Å². The molecule has 0 amide bonds. The van der Waals surface area contributed by atoms with Crippen molar-refractivity contribution in [3.8, 4) is 5.88 Å². The number of aryl methyl sites for hydroxylation is 4. The molecule has 1 atom stereocenters. The molecule has 0 saturated carbocycles. The molecule has 4 rings (SSSR count). The lowest BCUT2D eigenvalue weighted by Gasteiger charge is -2.16. The van der Waals surface area contributed by atoms with Crippen LogP contribution in [0.25, 0.3) is 0 Å². The molecule has 7 nitrogen and oxygen atoms in total. The van der Waals surface area contributed by atoms with Gasteiger partial charge in [0.2, 0.25) is 5.88 Å². The first kappa shape index (κ1) is 21.0. The molecule has 0 aromatic carbocycles. The molecule has 7 heteroatoms. The van der Waals surface area contributed by atoms with E-state index >= 15 is 0 Å². The number of aliphatic carboxylic acids is 1. The van der Waals surface area contributed by atoms with Gasteiger partial charge in [-0.15, -0.1) is 0 Å². The monoisotopic (exact) mass is 420 g/mol. The third-order valence-electron chi connectivity index (χ3n) is 5.83. The molecule has 3 heterocycles. The first-order chi connectivity index (χ1) is 15.1. The van der Waals surface area contributed by atoms with E-state index in [-0.39, 0.29) is 6.42 Å². The van der Waals surface area contributed by atoms with E-state index in [0.717, 1.165) is 48.9 Å². The van der Waals surface area contributed by atoms with E-state index in [0.29, 0.717) is 5.88 Å². The SMILES string of the molecule is COc1ccc(C(CC(=O)O)n2cc(CCCc3ccc4c(n3)CCCC4)cn2)cn1. The third-order valence-corrected chi connectivity index (χ3v) is 5.83. The van der Waals surface area contributed by atoms with Gasteiger partial charge in [0.25, 0.3) is 0 Å². The number of aromatic nitrogens is 4. The van der Waals surface area contributed by atoms with Gasteiger partial charge in [-0.2, -0.15) is 5.10 Å². The summed E-state index contributed by atoms with van der Waals surface area (Å²) in [7, 11) is 1.55. The number of pyridine rings is 2. The Morgan fingerprint density at radius 3 is 2.81 bits per heavy atom. The Kier molecular flexibility index (Phi) is 6.60. The molecule has 0 radical (unpaired) electrons. The van der Waals surface area contributed by atoms with Crippen LogP contribution in [-0.4, -0.2) is 37.9 Å². The zero-order chi connectivity index (χ0) is 21.6. The fourth-order valence-corrected chi connectivity index (χ4v) is 4.16. The van der Waals surface area contributed by atoms with E-state index in [4.69, 9.17) is 9.72 Å². The average molecular weight is 421 g/mol. The molecule has 1 N–H and O–H groups in total. The molecule has 162 valence electrons. The topological polar surface area (TPSA) is 90.1 Å². The quantitative estimate of drug-likeness (QED) is 0.566. The van der Waals surface area contributed by atoms with Crippen LogP contribution in [0.5, 0.6) is 5.88 Å². The van der Waals surface area contributed by atoms with Crippen LogP contribution in [0, 0.1) is 0 Å². The number of ether oxygens (including phenoxy) is 1. The summed E-state index contributed by atoms with van der Waals surface area (Å²) in [5, 5.41) is 13.8. The van der Waals surface area contributed by atoms with E-state index in [1.54, 1.807) is 24.1 Å². The van der Waals surface area contributed by atoms with E-state index in [9.17, 15) is 9.90 Å². The Balaban J connectivity index is 1.40. The van der Waals surface area contributed by atoms with Crippen LogP contribution in [0.2, 0.25) is 0 Å². The number of methoxy groups -OCH3 is 1. The Bertz CT molecular complexity index is 1030. The molecule has 1 aliphatic rings. The Morgan fingerprint density at radius 1 is 1.16 bits per heavy atom. The van der Waals surface area contributed by atoms with Crippen molar-refractivity contribution in [2.45, 2.75) is 57.4 Å². The predicted octanol–water partition coefficient (Wildman–Crippen LogP) is 3.80. The number of hydrogen-bond donors (Lipinski definition) is 1. The molecule has 0 aliphatic heterocycles. The summed E-state index contributed by atoms with van der Waals surface area (Å²) < 4.78 is 6.82. The van der Waals surface area contributed by atoms with Crippen LogP contribution < -0.4 is 4.74 Å². The summed E-state index contributed by atoms with van der Waals surface area (Å²) in [5.74, 6) is -0.383. The minimum atomic E-state index is -0.878. The molecular weight excluding hydrogens is 392 g/mol. The Morgan fingerprint density at radius 2 is 2.03 bits per heavy atom. The van der Waals surface area contributed by atoms with Crippen LogP contribution in [0.15, 0.2) is 42.9 Å². The molecule has 3 aromatic heterocycles. The second kappa shape index (κ2) is 9.73. The number of hydrogen-bond acceptors (Lipinski definition) is 5. The molecule has 1 aliphatic carbocycles. The number of rotatable bonds is 9. The Hall–Kier alpha value is -3.22. The molecule has 0 bridgehead atoms. The molecule has 0 fully saturated rings. The maximum Gasteiger partial charge on any atom is 0.305 e. The van der Waals surface area contributed by atoms with Gasteiger partial charge in [-0.05, 0) is 73.8 Å². The molecule has 0 saturated heterocycles. The van der Waals surface area contributed by atoms with E-state index in [2.05, 4.69) is 22.2 Å². The maximum atomic E-state index is 11.4. The highest BCUT2D eigenvalue weighted by atomic mass is 16.5. The summed E-state index contributed by atoms with van der Waals surface area (Å²) >= 11 is 0. The third kappa shape index (κ3) is 5.29. The fourth-order valence-electron chi connectivity index (χ4n) is 4.16. The van der Waals surface area contributed by atoms with Crippen molar-refractivity contribution in [2.75, 3.05) is 7.11 Å². The van der Waals surface area contributed by atoms with Gasteiger partial charge < -0.3 is 9.84 Å². The highest BCUT2D eigenvalue weighted by molar-refractivity contribution is 5.68. The fraction of sp³-hybridized carbons (Fsp3) is 0.417. The summed E-state index contributed by atoms with van der Waals surface area (Å²) in [6.07, 6.45) is 12.9. The highest BCUT2D eigenvalue weighted by Gasteiger charge is 2.19. The van der Waals surface area contributed by atoms with Gasteiger partial charge in [0, 0.05) is 29.8 Å². The lowest BCUT2D eigenvalue weighted by molar-refractivity contribution is -0.137. The second-order valence-electron chi connectivity index (χ2n) is 8.05. The summed E-state index contributed by atoms with van der Waals surface area (Å²) in [6, 6.07) is 7.57. The first-order valence-corrected chi connectivity index (χ1v) is 10.8. The minimum absolute atomic E-state index is 0.0613. The van der Waals surface area contributed by atoms with Crippen molar-refractivity contribution in [1.82, 2.24) is 19.7 Å². The normalized spacial score (nSPS) is 14.1. The number of fused-ring (bicyclic) bond motifs is 1. The number of carboxylic acids is 1. The largest absolute Gasteiger partial charge is 0.481 e. The van der Waals surface area contributed by atoms with Gasteiger partial charge in [0.15, 0.2) is 0 Å². The zero-order valence-corrected chi connectivity index (χ0v) is 17.8. The summed E-state index contributed by atoms with van der Waals surface area (Å²) in [6.45, 7) is 0. The lowest BCUT2D eigenvalue weighted by Crippen LogP contribution is -2.16. The van der Waals surface area contributed by atoms with Crippen LogP contribution >= 0.6 is 0 Å². The van der Waals surface area contributed by atoms with Crippen molar-refractivity contribution in [3.05, 3.63) is 70.9 Å². The van der Waals surface area contributed by atoms with Crippen molar-refractivity contribution in [2.24, 2.45) is 0 Å². The molecular formula is C24H28N4O3. The van der Waals surface area contributed by atoms with Crippen molar-refractivity contribution in [3.63, 3.8) is 0 Å². The van der Waals surface area contributed by atoms with Crippen LogP contribution in [0.4, 0.5) is 0 Å². The van der Waals surface area contributed by atoms with Gasteiger partial charge in [0.1, 0.15) is 0 Å². The van der Waals surface area contributed by atoms with Crippen molar-refractivity contribution >= 4 is 5.97 Å². The highest BCUT2D eigenvalue weighted by Crippen LogP contribution is 2.24. The van der Waals surface area contributed by atoms with Crippen LogP contribution in [-0.2, 0) is 30.5 Å². The van der Waals surface area contributed by atoms with Crippen molar-refractivity contribution in [1.29, 1.82) is 0 Å². The maximum absolute atomic E-state index is 11.4. The van der Waals surface area contributed by atoms with Gasteiger partial charge in [-0.1, -0.05) is 6.07 Å². The van der Waals surface area contributed by atoms with Crippen molar-refractivity contribution < 1.29 is 14.6 Å². The van der Waals surface area contributed by atoms with E-state index in [1.807, 2.05) is 18.5 Å². The molecule has 0 spiro atoms. The van der Waals surface area contributed by atoms with Gasteiger partial charge in [0.05, 0.1) is 25.8 Å². The average Bonchev–Trinajstić information content (AvgIpc) is 3.26. The number of carbonyl (C=O) groups is 1. The molecule has 3 aromatic rings. The molecule has 1 unspecified atom stereocenters. The number of carboxylic acid groups (broad SMARTS) is 1. The Labute approximate surface area is 182 Å². The van der Waals surface area contributed by atoms with E-state index < -0.39 is 12.0 Å². The molecule has 31 heavy (non-hydrogen) atoms. The predicted molar refractivity (Wildman–Crippen MR) is 116 cm³/mol. The smallest absolute Gasteiger partial charge is 0.305 e. The standard InChI is InChI=1S/C24H28N4O3/c1-31-23-12-10-19(15-25-23)22(13-24(29)30)28-16-17(14-26-28)5-4-7-20-11-9-18-6-2-3-8-21(18)27-20/h9-12,14-16,22H,2-8,13H2,1H3,(H,29,30). The first-order valence-electron chi connectivity index (χ1n) is 10.8. The number of nitrogens with zero attached hydrogens (tertiary/aromatic N) is 4. The van der Waals surface area contributed by atoms with Gasteiger partial charge >= 0.3 is 5.97 Å². The summed E-state index contributed by atoms with van der Waals surface area (Å²) in [4.78, 5) is 20.5. The van der Waals surface area contributed by atoms with Gasteiger partial charge in [-0.3, -0.25) is 14.5 Å².